The van der Waals surface area contributed by atoms with Crippen molar-refractivity contribution in [3.05, 3.63) is 46.6 Å². The Bertz CT molecular complexity index is 536. The number of halogens is 1. The first kappa shape index (κ1) is 11.7. The summed E-state index contributed by atoms with van der Waals surface area (Å²) in [5, 5.41) is 10.1. The van der Waals surface area contributed by atoms with Crippen LogP contribution in [0.2, 0.25) is 5.02 Å². The van der Waals surface area contributed by atoms with Crippen LogP contribution >= 0.6 is 11.6 Å². The van der Waals surface area contributed by atoms with Gasteiger partial charge in [-0.3, -0.25) is 9.89 Å². The first-order chi connectivity index (χ1) is 8.19. The van der Waals surface area contributed by atoms with Crippen molar-refractivity contribution < 1.29 is 4.79 Å². The number of carbonyl (C=O) groups is 1. The van der Waals surface area contributed by atoms with Crippen molar-refractivity contribution in [2.75, 3.05) is 5.32 Å². The molecule has 1 aromatic heterocycles. The standard InChI is InChI=1S/C12H12ClN3O/c1-2-10-7-11(16-15-10)14-12(17)8-4-3-5-9(13)6-8/h3-7H,2H2,1H3,(H2,14,15,16,17). The van der Waals surface area contributed by atoms with Crippen LogP contribution in [0, 0.1) is 0 Å². The van der Waals surface area contributed by atoms with Crippen LogP contribution in [0.5, 0.6) is 0 Å². The zero-order chi connectivity index (χ0) is 12.3. The second-order valence-corrected chi connectivity index (χ2v) is 4.03. The lowest BCUT2D eigenvalue weighted by Crippen LogP contribution is -2.11. The highest BCUT2D eigenvalue weighted by atomic mass is 35.5. The molecule has 2 N–H and O–H groups in total. The van der Waals surface area contributed by atoms with E-state index < -0.39 is 0 Å². The predicted octanol–water partition coefficient (Wildman–Crippen LogP) is 2.88. The molecule has 0 aliphatic rings. The van der Waals surface area contributed by atoms with Crippen LogP contribution in [0.3, 0.4) is 0 Å². The van der Waals surface area contributed by atoms with E-state index >= 15 is 0 Å². The molecular formula is C12H12ClN3O. The Morgan fingerprint density at radius 2 is 2.29 bits per heavy atom. The van der Waals surface area contributed by atoms with Crippen molar-refractivity contribution in [2.24, 2.45) is 0 Å². The highest BCUT2D eigenvalue weighted by Gasteiger charge is 2.08. The Morgan fingerprint density at radius 3 is 2.94 bits per heavy atom. The van der Waals surface area contributed by atoms with Crippen molar-refractivity contribution in [1.82, 2.24) is 10.2 Å². The van der Waals surface area contributed by atoms with Gasteiger partial charge in [-0.15, -0.1) is 0 Å². The molecule has 0 aliphatic heterocycles. The van der Waals surface area contributed by atoms with Gasteiger partial charge in [-0.2, -0.15) is 5.10 Å². The normalized spacial score (nSPS) is 10.2. The third-order valence-electron chi connectivity index (χ3n) is 2.34. The topological polar surface area (TPSA) is 57.8 Å². The van der Waals surface area contributed by atoms with Gasteiger partial charge >= 0.3 is 0 Å². The quantitative estimate of drug-likeness (QED) is 0.879. The Labute approximate surface area is 104 Å². The maximum absolute atomic E-state index is 11.8. The third-order valence-corrected chi connectivity index (χ3v) is 2.58. The molecule has 5 heteroatoms. The SMILES string of the molecule is CCc1cc(NC(=O)c2cccc(Cl)c2)n[nH]1. The van der Waals surface area contributed by atoms with Crippen LogP contribution in [-0.4, -0.2) is 16.1 Å². The van der Waals surface area contributed by atoms with Gasteiger partial charge in [-0.25, -0.2) is 0 Å². The number of benzene rings is 1. The number of hydrogen-bond donors (Lipinski definition) is 2. The number of aromatic nitrogens is 2. The highest BCUT2D eigenvalue weighted by Crippen LogP contribution is 2.13. The Balaban J connectivity index is 2.11. The summed E-state index contributed by atoms with van der Waals surface area (Å²) in [6.07, 6.45) is 0.847. The molecule has 4 nitrogen and oxygen atoms in total. The predicted molar refractivity (Wildman–Crippen MR) is 67.4 cm³/mol. The number of carbonyl (C=O) groups excluding carboxylic acids is 1. The fourth-order valence-electron chi connectivity index (χ4n) is 1.42. The molecule has 0 unspecified atom stereocenters. The third kappa shape index (κ3) is 2.85. The van der Waals surface area contributed by atoms with E-state index in [1.807, 2.05) is 13.0 Å². The number of hydrogen-bond acceptors (Lipinski definition) is 2. The molecule has 88 valence electrons. The zero-order valence-electron chi connectivity index (χ0n) is 9.33. The molecule has 0 saturated heterocycles. The molecule has 0 saturated carbocycles. The second kappa shape index (κ2) is 5.01. The van der Waals surface area contributed by atoms with Crippen LogP contribution in [0.1, 0.15) is 23.0 Å². The Morgan fingerprint density at radius 1 is 1.47 bits per heavy atom. The summed E-state index contributed by atoms with van der Waals surface area (Å²) in [6, 6.07) is 8.59. The summed E-state index contributed by atoms with van der Waals surface area (Å²) < 4.78 is 0. The van der Waals surface area contributed by atoms with Gasteiger partial charge in [0, 0.05) is 22.3 Å². The number of aromatic amines is 1. The molecule has 17 heavy (non-hydrogen) atoms. The molecule has 2 aromatic rings. The minimum absolute atomic E-state index is 0.221. The molecule has 0 atom stereocenters. The van der Waals surface area contributed by atoms with Gasteiger partial charge in [0.05, 0.1) is 0 Å². The zero-order valence-corrected chi connectivity index (χ0v) is 10.1. The molecule has 2 rings (SSSR count). The van der Waals surface area contributed by atoms with Crippen LogP contribution < -0.4 is 5.32 Å². The lowest BCUT2D eigenvalue weighted by atomic mass is 10.2. The van der Waals surface area contributed by atoms with Gasteiger partial charge in [0.1, 0.15) is 0 Å². The van der Waals surface area contributed by atoms with Gasteiger partial charge in [-0.05, 0) is 24.6 Å². The average Bonchev–Trinajstić information content (AvgIpc) is 2.77. The van der Waals surface area contributed by atoms with Gasteiger partial charge in [-0.1, -0.05) is 24.6 Å². The number of rotatable bonds is 3. The second-order valence-electron chi connectivity index (χ2n) is 3.60. The summed E-state index contributed by atoms with van der Waals surface area (Å²) >= 11 is 5.82. The van der Waals surface area contributed by atoms with Gasteiger partial charge in [0.15, 0.2) is 5.82 Å². The average molecular weight is 250 g/mol. The van der Waals surface area contributed by atoms with E-state index in [0.29, 0.717) is 16.4 Å². The lowest BCUT2D eigenvalue weighted by molar-refractivity contribution is 0.102. The summed E-state index contributed by atoms with van der Waals surface area (Å²) in [4.78, 5) is 11.8. The molecule has 0 fully saturated rings. The van der Waals surface area contributed by atoms with E-state index in [1.165, 1.54) is 0 Å². The van der Waals surface area contributed by atoms with E-state index in [9.17, 15) is 4.79 Å². The first-order valence-corrected chi connectivity index (χ1v) is 5.68. The number of aryl methyl sites for hydroxylation is 1. The number of amides is 1. The van der Waals surface area contributed by atoms with Crippen LogP contribution in [0.15, 0.2) is 30.3 Å². The first-order valence-electron chi connectivity index (χ1n) is 5.30. The number of nitrogens with one attached hydrogen (secondary N) is 2. The fourth-order valence-corrected chi connectivity index (χ4v) is 1.62. The molecule has 0 radical (unpaired) electrons. The molecule has 1 aromatic carbocycles. The molecule has 0 bridgehead atoms. The fraction of sp³-hybridized carbons (Fsp3) is 0.167. The van der Waals surface area contributed by atoms with Crippen molar-refractivity contribution in [3.8, 4) is 0 Å². The van der Waals surface area contributed by atoms with E-state index in [4.69, 9.17) is 11.6 Å². The van der Waals surface area contributed by atoms with Crippen LogP contribution in [0.25, 0.3) is 0 Å². The molecular weight excluding hydrogens is 238 g/mol. The highest BCUT2D eigenvalue weighted by molar-refractivity contribution is 6.31. The summed E-state index contributed by atoms with van der Waals surface area (Å²) in [6.45, 7) is 2.01. The van der Waals surface area contributed by atoms with Crippen molar-refractivity contribution in [3.63, 3.8) is 0 Å². The summed E-state index contributed by atoms with van der Waals surface area (Å²) in [5.74, 6) is 0.300. The Kier molecular flexibility index (Phi) is 3.44. The van der Waals surface area contributed by atoms with E-state index in [-0.39, 0.29) is 5.91 Å². The van der Waals surface area contributed by atoms with Gasteiger partial charge < -0.3 is 5.32 Å². The number of H-pyrrole nitrogens is 1. The van der Waals surface area contributed by atoms with Crippen molar-refractivity contribution in [1.29, 1.82) is 0 Å². The summed E-state index contributed by atoms with van der Waals surface area (Å²) in [5.41, 5.74) is 1.49. The molecule has 0 aliphatic carbocycles. The summed E-state index contributed by atoms with van der Waals surface area (Å²) in [7, 11) is 0. The molecule has 1 heterocycles. The number of anilines is 1. The lowest BCUT2D eigenvalue weighted by Gasteiger charge is -2.01. The van der Waals surface area contributed by atoms with Crippen molar-refractivity contribution in [2.45, 2.75) is 13.3 Å². The monoisotopic (exact) mass is 249 g/mol. The molecule has 1 amide bonds. The largest absolute Gasteiger partial charge is 0.305 e. The minimum atomic E-state index is -0.221. The van der Waals surface area contributed by atoms with E-state index in [2.05, 4.69) is 15.5 Å². The van der Waals surface area contributed by atoms with Crippen LogP contribution in [0.4, 0.5) is 5.82 Å². The maximum atomic E-state index is 11.8. The number of nitrogens with zero attached hydrogens (tertiary/aromatic N) is 1. The van der Waals surface area contributed by atoms with Crippen molar-refractivity contribution >= 4 is 23.3 Å². The van der Waals surface area contributed by atoms with E-state index in [0.717, 1.165) is 12.1 Å². The molecule has 0 spiro atoms. The van der Waals surface area contributed by atoms with Gasteiger partial charge in [0.25, 0.3) is 5.91 Å². The van der Waals surface area contributed by atoms with E-state index in [1.54, 1.807) is 24.3 Å². The minimum Gasteiger partial charge on any atom is -0.305 e. The Hall–Kier alpha value is -1.81. The smallest absolute Gasteiger partial charge is 0.256 e. The van der Waals surface area contributed by atoms with Crippen LogP contribution in [-0.2, 0) is 6.42 Å². The maximum Gasteiger partial charge on any atom is 0.256 e. The van der Waals surface area contributed by atoms with Gasteiger partial charge in [0.2, 0.25) is 0 Å².